The van der Waals surface area contributed by atoms with E-state index < -0.39 is 5.91 Å². The Bertz CT molecular complexity index is 515. The van der Waals surface area contributed by atoms with Crippen molar-refractivity contribution < 1.29 is 4.79 Å². The predicted molar refractivity (Wildman–Crippen MR) is 51.0 cm³/mol. The summed E-state index contributed by atoms with van der Waals surface area (Å²) in [5.74, 6) is -0.468. The lowest BCUT2D eigenvalue weighted by Crippen LogP contribution is -2.18. The van der Waals surface area contributed by atoms with E-state index in [1.807, 2.05) is 0 Å². The predicted octanol–water partition coefficient (Wildman–Crippen LogP) is 0.445. The molecule has 2 rings (SSSR count). The van der Waals surface area contributed by atoms with E-state index in [-0.39, 0.29) is 0 Å². The molecular weight excluding hydrogens is 180 g/mol. The summed E-state index contributed by atoms with van der Waals surface area (Å²) in [6, 6.07) is 1.78. The van der Waals surface area contributed by atoms with Crippen LogP contribution >= 0.6 is 0 Å². The maximum atomic E-state index is 11.1. The fourth-order valence-corrected chi connectivity index (χ4v) is 1.59. The summed E-state index contributed by atoms with van der Waals surface area (Å²) < 4.78 is 1.60. The summed E-state index contributed by atoms with van der Waals surface area (Å²) in [5, 5.41) is 4.05. The molecule has 0 aromatic carbocycles. The zero-order valence-corrected chi connectivity index (χ0v) is 7.98. The minimum Gasteiger partial charge on any atom is -0.365 e. The third kappa shape index (κ3) is 1.06. The van der Waals surface area contributed by atoms with Gasteiger partial charge < -0.3 is 5.73 Å². The number of carbonyl (C=O) groups excluding carboxylic acids is 1. The molecule has 2 aromatic heterocycles. The third-order valence-corrected chi connectivity index (χ3v) is 2.19. The molecule has 72 valence electrons. The van der Waals surface area contributed by atoms with E-state index in [4.69, 9.17) is 5.73 Å². The third-order valence-electron chi connectivity index (χ3n) is 2.19. The van der Waals surface area contributed by atoms with Gasteiger partial charge in [0.05, 0.1) is 23.1 Å². The van der Waals surface area contributed by atoms with Crippen LogP contribution in [-0.2, 0) is 0 Å². The summed E-state index contributed by atoms with van der Waals surface area (Å²) in [5.41, 5.74) is 7.80. The standard InChI is InChI=1S/C9H10N4O/c1-5-8(9(10)14)6(2)13-7(12-5)3-4-11-13/h3-4H,1-2H3,(H2,10,14). The van der Waals surface area contributed by atoms with Crippen LogP contribution in [0.2, 0.25) is 0 Å². The number of amides is 1. The molecule has 5 heteroatoms. The van der Waals surface area contributed by atoms with Crippen molar-refractivity contribution in [2.75, 3.05) is 0 Å². The molecule has 0 saturated heterocycles. The Balaban J connectivity index is 2.89. The molecule has 1 amide bonds. The Morgan fingerprint density at radius 3 is 2.86 bits per heavy atom. The monoisotopic (exact) mass is 190 g/mol. The molecule has 0 aliphatic carbocycles. The second-order valence-corrected chi connectivity index (χ2v) is 3.12. The van der Waals surface area contributed by atoms with Gasteiger partial charge in [0.1, 0.15) is 0 Å². The molecule has 0 aliphatic heterocycles. The van der Waals surface area contributed by atoms with Crippen LogP contribution in [0.3, 0.4) is 0 Å². The number of hydrogen-bond donors (Lipinski definition) is 1. The van der Waals surface area contributed by atoms with E-state index in [1.54, 1.807) is 30.6 Å². The summed E-state index contributed by atoms with van der Waals surface area (Å²) in [6.07, 6.45) is 1.64. The van der Waals surface area contributed by atoms with Gasteiger partial charge >= 0.3 is 0 Å². The highest BCUT2D eigenvalue weighted by atomic mass is 16.1. The van der Waals surface area contributed by atoms with Crippen LogP contribution < -0.4 is 5.73 Å². The van der Waals surface area contributed by atoms with Gasteiger partial charge in [-0.05, 0) is 13.8 Å². The SMILES string of the molecule is Cc1nc2ccnn2c(C)c1C(N)=O. The highest BCUT2D eigenvalue weighted by Gasteiger charge is 2.13. The Morgan fingerprint density at radius 2 is 2.21 bits per heavy atom. The fraction of sp³-hybridized carbons (Fsp3) is 0.222. The second-order valence-electron chi connectivity index (χ2n) is 3.12. The van der Waals surface area contributed by atoms with E-state index in [0.717, 1.165) is 11.3 Å². The lowest BCUT2D eigenvalue weighted by atomic mass is 10.1. The van der Waals surface area contributed by atoms with E-state index >= 15 is 0 Å². The molecule has 0 aliphatic rings. The van der Waals surface area contributed by atoms with Crippen LogP contribution in [0.1, 0.15) is 21.7 Å². The second kappa shape index (κ2) is 2.80. The van der Waals surface area contributed by atoms with Gasteiger partial charge in [0, 0.05) is 6.07 Å². The summed E-state index contributed by atoms with van der Waals surface area (Å²) in [6.45, 7) is 3.56. The average Bonchev–Trinajstić information content (AvgIpc) is 2.50. The Hall–Kier alpha value is -1.91. The van der Waals surface area contributed by atoms with Crippen LogP contribution in [0.4, 0.5) is 0 Å². The summed E-state index contributed by atoms with van der Waals surface area (Å²) in [4.78, 5) is 15.4. The molecule has 0 saturated carbocycles. The van der Waals surface area contributed by atoms with Crippen LogP contribution in [-0.4, -0.2) is 20.5 Å². The highest BCUT2D eigenvalue weighted by Crippen LogP contribution is 2.12. The Kier molecular flexibility index (Phi) is 1.73. The number of hydrogen-bond acceptors (Lipinski definition) is 3. The summed E-state index contributed by atoms with van der Waals surface area (Å²) >= 11 is 0. The maximum Gasteiger partial charge on any atom is 0.252 e. The molecule has 0 unspecified atom stereocenters. The number of nitrogens with zero attached hydrogens (tertiary/aromatic N) is 3. The van der Waals surface area contributed by atoms with E-state index in [1.165, 1.54) is 0 Å². The molecule has 0 fully saturated rings. The van der Waals surface area contributed by atoms with E-state index in [9.17, 15) is 4.79 Å². The first-order chi connectivity index (χ1) is 6.61. The van der Waals surface area contributed by atoms with Gasteiger partial charge in [0.2, 0.25) is 0 Å². The molecule has 2 heterocycles. The van der Waals surface area contributed by atoms with Gasteiger partial charge in [-0.1, -0.05) is 0 Å². The van der Waals surface area contributed by atoms with Crippen molar-refractivity contribution in [2.24, 2.45) is 5.73 Å². The topological polar surface area (TPSA) is 73.3 Å². The van der Waals surface area contributed by atoms with Crippen LogP contribution in [0.25, 0.3) is 5.65 Å². The molecule has 0 bridgehead atoms. The number of aromatic nitrogens is 3. The van der Waals surface area contributed by atoms with Crippen molar-refractivity contribution in [1.82, 2.24) is 14.6 Å². The number of primary amides is 1. The van der Waals surface area contributed by atoms with Gasteiger partial charge in [-0.2, -0.15) is 5.10 Å². The smallest absolute Gasteiger partial charge is 0.252 e. The van der Waals surface area contributed by atoms with E-state index in [0.29, 0.717) is 11.3 Å². The molecule has 5 nitrogen and oxygen atoms in total. The number of nitrogens with two attached hydrogens (primary N) is 1. The van der Waals surface area contributed by atoms with Crippen molar-refractivity contribution in [3.8, 4) is 0 Å². The van der Waals surface area contributed by atoms with Crippen LogP contribution in [0.15, 0.2) is 12.3 Å². The summed E-state index contributed by atoms with van der Waals surface area (Å²) in [7, 11) is 0. The molecule has 2 N–H and O–H groups in total. The first kappa shape index (κ1) is 8.68. The quantitative estimate of drug-likeness (QED) is 0.709. The zero-order chi connectivity index (χ0) is 10.3. The largest absolute Gasteiger partial charge is 0.365 e. The molecule has 2 aromatic rings. The van der Waals surface area contributed by atoms with Gasteiger partial charge in [-0.25, -0.2) is 9.50 Å². The first-order valence-corrected chi connectivity index (χ1v) is 4.22. The van der Waals surface area contributed by atoms with Crippen molar-refractivity contribution >= 4 is 11.6 Å². The van der Waals surface area contributed by atoms with Gasteiger partial charge in [0.25, 0.3) is 5.91 Å². The average molecular weight is 190 g/mol. The van der Waals surface area contributed by atoms with Crippen molar-refractivity contribution in [3.63, 3.8) is 0 Å². The van der Waals surface area contributed by atoms with E-state index in [2.05, 4.69) is 10.1 Å². The van der Waals surface area contributed by atoms with Crippen molar-refractivity contribution in [2.45, 2.75) is 13.8 Å². The molecule has 14 heavy (non-hydrogen) atoms. The van der Waals surface area contributed by atoms with Crippen LogP contribution in [0, 0.1) is 13.8 Å². The molecule has 0 spiro atoms. The lowest BCUT2D eigenvalue weighted by Gasteiger charge is -2.06. The Labute approximate surface area is 80.6 Å². The zero-order valence-electron chi connectivity index (χ0n) is 7.98. The molecule has 0 atom stereocenters. The van der Waals surface area contributed by atoms with Gasteiger partial charge in [-0.15, -0.1) is 0 Å². The van der Waals surface area contributed by atoms with Crippen LogP contribution in [0.5, 0.6) is 0 Å². The maximum absolute atomic E-state index is 11.1. The minimum absolute atomic E-state index is 0.446. The first-order valence-electron chi connectivity index (χ1n) is 4.22. The molecule has 0 radical (unpaired) electrons. The van der Waals surface area contributed by atoms with Gasteiger partial charge in [-0.3, -0.25) is 4.79 Å². The lowest BCUT2D eigenvalue weighted by molar-refractivity contribution is 0.0998. The van der Waals surface area contributed by atoms with Crippen molar-refractivity contribution in [1.29, 1.82) is 0 Å². The number of rotatable bonds is 1. The normalized spacial score (nSPS) is 10.7. The fourth-order valence-electron chi connectivity index (χ4n) is 1.59. The number of aryl methyl sites for hydroxylation is 2. The van der Waals surface area contributed by atoms with Gasteiger partial charge in [0.15, 0.2) is 5.65 Å². The molecular formula is C9H10N4O. The Morgan fingerprint density at radius 1 is 1.50 bits per heavy atom. The minimum atomic E-state index is -0.468. The highest BCUT2D eigenvalue weighted by molar-refractivity contribution is 5.95. The number of carbonyl (C=O) groups is 1. The number of fused-ring (bicyclic) bond motifs is 1. The van der Waals surface area contributed by atoms with Crippen molar-refractivity contribution in [3.05, 3.63) is 29.2 Å².